The molecule has 0 unspecified atom stereocenters. The number of rotatable bonds is 6. The molecule has 0 heterocycles. The molecule has 1 rings (SSSR count). The van der Waals surface area contributed by atoms with Gasteiger partial charge >= 0.3 is 0 Å². The van der Waals surface area contributed by atoms with Crippen LogP contribution < -0.4 is 16.2 Å². The van der Waals surface area contributed by atoms with Gasteiger partial charge in [0.05, 0.1) is 0 Å². The molecule has 0 aliphatic rings. The topological polar surface area (TPSA) is 87.3 Å². The minimum atomic E-state index is -0.395. The Kier molecular flexibility index (Phi) is 6.94. The highest BCUT2D eigenvalue weighted by Gasteiger charge is 2.07. The van der Waals surface area contributed by atoms with Crippen molar-refractivity contribution < 1.29 is 14.4 Å². The van der Waals surface area contributed by atoms with Gasteiger partial charge in [-0.15, -0.1) is 0 Å². The average molecular weight is 291 g/mol. The zero-order valence-electron chi connectivity index (χ0n) is 12.4. The van der Waals surface area contributed by atoms with E-state index in [1.54, 1.807) is 24.3 Å². The van der Waals surface area contributed by atoms with Gasteiger partial charge in [0.2, 0.25) is 11.8 Å². The summed E-state index contributed by atoms with van der Waals surface area (Å²) in [5, 5.41) is 2.61. The van der Waals surface area contributed by atoms with Crippen LogP contribution in [0.4, 0.5) is 5.69 Å². The molecule has 0 saturated heterocycles. The molecule has 21 heavy (non-hydrogen) atoms. The van der Waals surface area contributed by atoms with Gasteiger partial charge in [-0.1, -0.05) is 19.8 Å². The summed E-state index contributed by atoms with van der Waals surface area (Å²) in [7, 11) is 0. The molecule has 6 nitrogen and oxygen atoms in total. The van der Waals surface area contributed by atoms with Crippen molar-refractivity contribution in [2.45, 2.75) is 39.5 Å². The van der Waals surface area contributed by atoms with Crippen LogP contribution >= 0.6 is 0 Å². The van der Waals surface area contributed by atoms with Crippen LogP contribution in [-0.2, 0) is 9.59 Å². The summed E-state index contributed by atoms with van der Waals surface area (Å²) in [4.78, 5) is 34.1. The van der Waals surface area contributed by atoms with Gasteiger partial charge in [-0.05, 0) is 30.7 Å². The largest absolute Gasteiger partial charge is 0.326 e. The van der Waals surface area contributed by atoms with E-state index in [-0.39, 0.29) is 11.8 Å². The molecule has 0 aliphatic carbocycles. The van der Waals surface area contributed by atoms with Crippen LogP contribution in [0.5, 0.6) is 0 Å². The molecule has 0 saturated carbocycles. The molecule has 3 amide bonds. The molecule has 1 aromatic carbocycles. The summed E-state index contributed by atoms with van der Waals surface area (Å²) in [5.74, 6) is -0.772. The van der Waals surface area contributed by atoms with E-state index in [9.17, 15) is 14.4 Å². The zero-order valence-corrected chi connectivity index (χ0v) is 12.4. The number of amides is 3. The van der Waals surface area contributed by atoms with Gasteiger partial charge in [-0.2, -0.15) is 0 Å². The minimum Gasteiger partial charge on any atom is -0.326 e. The smallest absolute Gasteiger partial charge is 0.269 e. The number of benzene rings is 1. The fourth-order valence-corrected chi connectivity index (χ4v) is 1.70. The van der Waals surface area contributed by atoms with Crippen LogP contribution in [0.25, 0.3) is 0 Å². The zero-order chi connectivity index (χ0) is 15.7. The number of carbonyl (C=O) groups excluding carboxylic acids is 3. The SMILES string of the molecule is CCCCCC(=O)NNC(=O)c1ccc(NC(C)=O)cc1. The predicted octanol–water partition coefficient (Wildman–Crippen LogP) is 1.99. The second kappa shape index (κ2) is 8.73. The quantitative estimate of drug-likeness (QED) is 0.553. The van der Waals surface area contributed by atoms with E-state index < -0.39 is 5.91 Å². The van der Waals surface area contributed by atoms with Crippen molar-refractivity contribution in [3.05, 3.63) is 29.8 Å². The lowest BCUT2D eigenvalue weighted by Crippen LogP contribution is -2.41. The van der Waals surface area contributed by atoms with Crippen molar-refractivity contribution in [2.75, 3.05) is 5.32 Å². The highest BCUT2D eigenvalue weighted by Crippen LogP contribution is 2.09. The Morgan fingerprint density at radius 3 is 2.24 bits per heavy atom. The third-order valence-electron chi connectivity index (χ3n) is 2.79. The molecule has 114 valence electrons. The number of hydrogen-bond donors (Lipinski definition) is 3. The molecule has 1 aromatic rings. The molecule has 0 aromatic heterocycles. The Morgan fingerprint density at radius 1 is 1.00 bits per heavy atom. The van der Waals surface area contributed by atoms with Gasteiger partial charge < -0.3 is 5.32 Å². The van der Waals surface area contributed by atoms with Gasteiger partial charge in [0.25, 0.3) is 5.91 Å². The maximum Gasteiger partial charge on any atom is 0.269 e. The third kappa shape index (κ3) is 6.56. The normalized spacial score (nSPS) is 9.81. The molecule has 0 atom stereocenters. The Hall–Kier alpha value is -2.37. The van der Waals surface area contributed by atoms with E-state index in [1.807, 2.05) is 0 Å². The van der Waals surface area contributed by atoms with Crippen LogP contribution in [0.1, 0.15) is 49.9 Å². The summed E-state index contributed by atoms with van der Waals surface area (Å²) in [5.41, 5.74) is 5.75. The van der Waals surface area contributed by atoms with E-state index in [1.165, 1.54) is 6.92 Å². The summed E-state index contributed by atoms with van der Waals surface area (Å²) >= 11 is 0. The van der Waals surface area contributed by atoms with Gasteiger partial charge in [0.1, 0.15) is 0 Å². The molecule has 0 spiro atoms. The molecule has 3 N–H and O–H groups in total. The Balaban J connectivity index is 2.41. The number of hydrazine groups is 1. The van der Waals surface area contributed by atoms with Gasteiger partial charge in [0, 0.05) is 24.6 Å². The second-order valence-electron chi connectivity index (χ2n) is 4.72. The first-order valence-electron chi connectivity index (χ1n) is 6.99. The Labute approximate surface area is 124 Å². The minimum absolute atomic E-state index is 0.174. The lowest BCUT2D eigenvalue weighted by Gasteiger charge is -2.08. The van der Waals surface area contributed by atoms with Crippen molar-refractivity contribution in [1.29, 1.82) is 0 Å². The van der Waals surface area contributed by atoms with E-state index in [0.717, 1.165) is 19.3 Å². The van der Waals surface area contributed by atoms with Gasteiger partial charge in [-0.3, -0.25) is 25.2 Å². The Morgan fingerprint density at radius 2 is 1.67 bits per heavy atom. The maximum atomic E-state index is 11.8. The van der Waals surface area contributed by atoms with Crippen molar-refractivity contribution in [2.24, 2.45) is 0 Å². The fourth-order valence-electron chi connectivity index (χ4n) is 1.70. The average Bonchev–Trinajstić information content (AvgIpc) is 2.45. The summed E-state index contributed by atoms with van der Waals surface area (Å²) in [6.07, 6.45) is 3.24. The van der Waals surface area contributed by atoms with Crippen molar-refractivity contribution in [1.82, 2.24) is 10.9 Å². The van der Waals surface area contributed by atoms with Crippen LogP contribution in [-0.4, -0.2) is 17.7 Å². The number of anilines is 1. The highest BCUT2D eigenvalue weighted by molar-refractivity contribution is 5.96. The maximum absolute atomic E-state index is 11.8. The summed E-state index contributed by atoms with van der Waals surface area (Å²) in [6, 6.07) is 6.40. The number of unbranched alkanes of at least 4 members (excludes halogenated alkanes) is 2. The van der Waals surface area contributed by atoms with E-state index in [4.69, 9.17) is 0 Å². The first-order chi connectivity index (χ1) is 10.0. The third-order valence-corrected chi connectivity index (χ3v) is 2.79. The van der Waals surface area contributed by atoms with Crippen LogP contribution in [0.2, 0.25) is 0 Å². The van der Waals surface area contributed by atoms with Crippen molar-refractivity contribution >= 4 is 23.4 Å². The van der Waals surface area contributed by atoms with Gasteiger partial charge in [-0.25, -0.2) is 0 Å². The summed E-state index contributed by atoms with van der Waals surface area (Å²) in [6.45, 7) is 3.47. The lowest BCUT2D eigenvalue weighted by molar-refractivity contribution is -0.122. The lowest BCUT2D eigenvalue weighted by atomic mass is 10.2. The van der Waals surface area contributed by atoms with E-state index in [2.05, 4.69) is 23.1 Å². The molecular formula is C15H21N3O3. The Bertz CT molecular complexity index is 497. The molecule has 0 fully saturated rings. The fraction of sp³-hybridized carbons (Fsp3) is 0.400. The first-order valence-corrected chi connectivity index (χ1v) is 6.99. The van der Waals surface area contributed by atoms with E-state index in [0.29, 0.717) is 17.7 Å². The van der Waals surface area contributed by atoms with Crippen LogP contribution in [0, 0.1) is 0 Å². The number of carbonyl (C=O) groups is 3. The van der Waals surface area contributed by atoms with E-state index >= 15 is 0 Å². The second-order valence-corrected chi connectivity index (χ2v) is 4.72. The molecule has 0 radical (unpaired) electrons. The molecule has 0 aliphatic heterocycles. The van der Waals surface area contributed by atoms with Gasteiger partial charge in [0.15, 0.2) is 0 Å². The summed E-state index contributed by atoms with van der Waals surface area (Å²) < 4.78 is 0. The number of hydrogen-bond acceptors (Lipinski definition) is 3. The molecule has 0 bridgehead atoms. The first kappa shape index (κ1) is 16.7. The molecular weight excluding hydrogens is 270 g/mol. The standard InChI is InChI=1S/C15H21N3O3/c1-3-4-5-6-14(20)17-18-15(21)12-7-9-13(10-8-12)16-11(2)19/h7-10H,3-6H2,1-2H3,(H,16,19)(H,17,20)(H,18,21). The van der Waals surface area contributed by atoms with Crippen LogP contribution in [0.3, 0.4) is 0 Å². The monoisotopic (exact) mass is 291 g/mol. The highest BCUT2D eigenvalue weighted by atomic mass is 16.2. The molecule has 6 heteroatoms. The van der Waals surface area contributed by atoms with Crippen molar-refractivity contribution in [3.63, 3.8) is 0 Å². The number of nitrogens with one attached hydrogen (secondary N) is 3. The van der Waals surface area contributed by atoms with Crippen molar-refractivity contribution in [3.8, 4) is 0 Å². The predicted molar refractivity (Wildman–Crippen MR) is 80.5 cm³/mol. The van der Waals surface area contributed by atoms with Crippen LogP contribution in [0.15, 0.2) is 24.3 Å².